The number of fused-ring (bicyclic) bond motifs is 2. The van der Waals surface area contributed by atoms with Crippen molar-refractivity contribution >= 4 is 39.3 Å². The van der Waals surface area contributed by atoms with E-state index in [1.807, 2.05) is 0 Å². The molecule has 0 aliphatic rings. The summed E-state index contributed by atoms with van der Waals surface area (Å²) in [6.07, 6.45) is 0. The van der Waals surface area contributed by atoms with Crippen LogP contribution in [0.2, 0.25) is 0 Å². The zero-order valence-electron chi connectivity index (χ0n) is 21.9. The van der Waals surface area contributed by atoms with Gasteiger partial charge in [-0.3, -0.25) is 4.79 Å². The molecule has 0 heterocycles. The molecule has 7 nitrogen and oxygen atoms in total. The van der Waals surface area contributed by atoms with Crippen molar-refractivity contribution in [3.05, 3.63) is 131 Å². The molecule has 0 aliphatic carbocycles. The largest absolute Gasteiger partial charge is 0.508 e. The van der Waals surface area contributed by atoms with Gasteiger partial charge in [0.25, 0.3) is 0 Å². The van der Waals surface area contributed by atoms with Gasteiger partial charge in [0.15, 0.2) is 5.78 Å². The number of carbonyl (C=O) groups excluding carboxylic acids is 1. The number of benzene rings is 6. The Hall–Kier alpha value is -5.95. The van der Waals surface area contributed by atoms with Crippen molar-refractivity contribution in [2.24, 2.45) is 0 Å². The zero-order valence-corrected chi connectivity index (χ0v) is 21.9. The number of carbonyl (C=O) groups is 3. The van der Waals surface area contributed by atoms with Gasteiger partial charge in [0.2, 0.25) is 0 Å². The molecule has 6 rings (SSSR count). The van der Waals surface area contributed by atoms with Crippen molar-refractivity contribution in [1.82, 2.24) is 0 Å². The highest BCUT2D eigenvalue weighted by Gasteiger charge is 2.28. The number of hydrogen-bond acceptors (Lipinski definition) is 5. The molecule has 0 saturated carbocycles. The molecular formula is C35H22O7. The van der Waals surface area contributed by atoms with Crippen LogP contribution in [0, 0.1) is 0 Å². The molecule has 0 amide bonds. The van der Waals surface area contributed by atoms with Crippen molar-refractivity contribution in [2.75, 3.05) is 0 Å². The lowest BCUT2D eigenvalue weighted by Crippen LogP contribution is -2.11. The number of phenolic OH excluding ortho intramolecular Hbond substituents is 2. The highest BCUT2D eigenvalue weighted by atomic mass is 16.4. The van der Waals surface area contributed by atoms with E-state index in [0.717, 1.165) is 0 Å². The molecular weight excluding hydrogens is 532 g/mol. The Morgan fingerprint density at radius 3 is 1.19 bits per heavy atom. The molecule has 0 unspecified atom stereocenters. The summed E-state index contributed by atoms with van der Waals surface area (Å²) in [5, 5.41) is 41.7. The lowest BCUT2D eigenvalue weighted by Gasteiger charge is -2.19. The first-order valence-electron chi connectivity index (χ1n) is 13.0. The van der Waals surface area contributed by atoms with Crippen molar-refractivity contribution in [3.63, 3.8) is 0 Å². The Bertz CT molecular complexity index is 1910. The molecule has 0 aliphatic heterocycles. The maximum atomic E-state index is 15.0. The van der Waals surface area contributed by atoms with E-state index >= 15 is 0 Å². The van der Waals surface area contributed by atoms with Gasteiger partial charge in [-0.2, -0.15) is 0 Å². The molecule has 0 spiro atoms. The second-order valence-electron chi connectivity index (χ2n) is 9.82. The normalized spacial score (nSPS) is 11.0. The van der Waals surface area contributed by atoms with Crippen molar-refractivity contribution < 1.29 is 34.8 Å². The molecule has 42 heavy (non-hydrogen) atoms. The Morgan fingerprint density at radius 2 is 0.833 bits per heavy atom. The van der Waals surface area contributed by atoms with E-state index < -0.39 is 17.7 Å². The molecule has 6 aromatic rings. The molecule has 6 aromatic carbocycles. The lowest BCUT2D eigenvalue weighted by molar-refractivity contribution is 0.0688. The van der Waals surface area contributed by atoms with E-state index in [-0.39, 0.29) is 44.5 Å². The summed E-state index contributed by atoms with van der Waals surface area (Å²) >= 11 is 0. The number of ketones is 1. The molecule has 0 aromatic heterocycles. The molecule has 0 atom stereocenters. The van der Waals surface area contributed by atoms with Crippen LogP contribution in [0.15, 0.2) is 109 Å². The van der Waals surface area contributed by atoms with E-state index in [9.17, 15) is 34.8 Å². The second kappa shape index (κ2) is 10.2. The quantitative estimate of drug-likeness (QED) is 0.158. The van der Waals surface area contributed by atoms with Crippen LogP contribution < -0.4 is 0 Å². The fourth-order valence-corrected chi connectivity index (χ4v) is 5.48. The average molecular weight is 555 g/mol. The fraction of sp³-hybridized carbons (Fsp3) is 0. The number of aromatic carboxylic acids is 2. The molecule has 0 fully saturated rings. The number of hydrogen-bond donors (Lipinski definition) is 4. The van der Waals surface area contributed by atoms with Crippen LogP contribution in [0.1, 0.15) is 36.6 Å². The van der Waals surface area contributed by atoms with Gasteiger partial charge in [0.05, 0.1) is 11.1 Å². The van der Waals surface area contributed by atoms with Crippen molar-refractivity contribution in [2.45, 2.75) is 0 Å². The van der Waals surface area contributed by atoms with Gasteiger partial charge in [0, 0.05) is 21.9 Å². The molecule has 4 N–H and O–H groups in total. The summed E-state index contributed by atoms with van der Waals surface area (Å²) in [5.41, 5.74) is 2.14. The molecule has 0 bridgehead atoms. The van der Waals surface area contributed by atoms with Gasteiger partial charge in [-0.15, -0.1) is 0 Å². The van der Waals surface area contributed by atoms with Gasteiger partial charge in [-0.1, -0.05) is 60.7 Å². The highest BCUT2D eigenvalue weighted by Crippen LogP contribution is 2.41. The topological polar surface area (TPSA) is 132 Å². The van der Waals surface area contributed by atoms with Gasteiger partial charge in [0.1, 0.15) is 11.5 Å². The first-order valence-corrected chi connectivity index (χ1v) is 13.0. The average Bonchev–Trinajstić information content (AvgIpc) is 2.99. The Kier molecular flexibility index (Phi) is 6.40. The third-order valence-corrected chi connectivity index (χ3v) is 7.33. The van der Waals surface area contributed by atoms with Crippen LogP contribution in [0.5, 0.6) is 11.5 Å². The first kappa shape index (κ1) is 26.3. The van der Waals surface area contributed by atoms with Crippen LogP contribution >= 0.6 is 0 Å². The number of aromatic hydroxyl groups is 2. The number of carboxylic acid groups (broad SMARTS) is 2. The van der Waals surface area contributed by atoms with E-state index in [1.54, 1.807) is 60.7 Å². The van der Waals surface area contributed by atoms with E-state index in [1.165, 1.54) is 48.5 Å². The van der Waals surface area contributed by atoms with Gasteiger partial charge in [-0.25, -0.2) is 9.59 Å². The van der Waals surface area contributed by atoms with Gasteiger partial charge < -0.3 is 20.4 Å². The summed E-state index contributed by atoms with van der Waals surface area (Å²) in [4.78, 5) is 39.7. The smallest absolute Gasteiger partial charge is 0.336 e. The SMILES string of the molecule is O=C(O)c1cc(-c2ccccc2)c(C(=O)c2c(-c3ccccc3)cc(C(=O)O)c3cc(O)ccc23)c2ccc(O)cc12. The minimum absolute atomic E-state index is 0.0874. The third kappa shape index (κ3) is 4.39. The second-order valence-corrected chi connectivity index (χ2v) is 9.82. The Labute approximate surface area is 239 Å². The van der Waals surface area contributed by atoms with Crippen LogP contribution in [0.4, 0.5) is 0 Å². The molecule has 7 heteroatoms. The number of rotatable bonds is 6. The lowest BCUT2D eigenvalue weighted by atomic mass is 9.82. The summed E-state index contributed by atoms with van der Waals surface area (Å²) in [7, 11) is 0. The van der Waals surface area contributed by atoms with Crippen LogP contribution in [0.3, 0.4) is 0 Å². The van der Waals surface area contributed by atoms with Crippen LogP contribution in [0.25, 0.3) is 43.8 Å². The predicted octanol–water partition coefficient (Wildman–Crippen LogP) is 7.37. The van der Waals surface area contributed by atoms with Gasteiger partial charge >= 0.3 is 11.9 Å². The van der Waals surface area contributed by atoms with E-state index in [0.29, 0.717) is 33.0 Å². The summed E-state index contributed by atoms with van der Waals surface area (Å²) in [6.45, 7) is 0. The first-order chi connectivity index (χ1) is 20.2. The van der Waals surface area contributed by atoms with Gasteiger partial charge in [-0.05, 0) is 81.6 Å². The summed E-state index contributed by atoms with van der Waals surface area (Å²) in [5.74, 6) is -3.25. The maximum Gasteiger partial charge on any atom is 0.336 e. The van der Waals surface area contributed by atoms with Crippen molar-refractivity contribution in [3.8, 4) is 33.8 Å². The Morgan fingerprint density at radius 1 is 0.452 bits per heavy atom. The summed E-state index contributed by atoms with van der Waals surface area (Å²) < 4.78 is 0. The molecule has 0 saturated heterocycles. The van der Waals surface area contributed by atoms with Crippen LogP contribution in [-0.2, 0) is 0 Å². The zero-order chi connectivity index (χ0) is 29.5. The standard InChI is InChI=1S/C35H22O7/c36-21-11-13-23-27(15-21)29(34(39)40)17-25(19-7-3-1-4-8-19)31(23)33(38)32-24-14-12-22(37)16-28(24)30(35(41)42)18-26(32)20-9-5-2-6-10-20/h1-18,36-37H,(H,39,40)(H,41,42). The number of carboxylic acids is 2. The minimum atomic E-state index is -1.22. The fourth-order valence-electron chi connectivity index (χ4n) is 5.48. The highest BCUT2D eigenvalue weighted by molar-refractivity contribution is 6.29. The monoisotopic (exact) mass is 554 g/mol. The Balaban J connectivity index is 1.79. The molecule has 204 valence electrons. The molecule has 0 radical (unpaired) electrons. The van der Waals surface area contributed by atoms with Crippen molar-refractivity contribution in [1.29, 1.82) is 0 Å². The maximum absolute atomic E-state index is 15.0. The van der Waals surface area contributed by atoms with E-state index in [2.05, 4.69) is 0 Å². The summed E-state index contributed by atoms with van der Waals surface area (Å²) in [6, 6.07) is 29.1. The van der Waals surface area contributed by atoms with Crippen LogP contribution in [-0.4, -0.2) is 38.1 Å². The minimum Gasteiger partial charge on any atom is -0.508 e. The number of phenols is 2. The third-order valence-electron chi connectivity index (χ3n) is 7.33. The predicted molar refractivity (Wildman–Crippen MR) is 159 cm³/mol. The van der Waals surface area contributed by atoms with E-state index in [4.69, 9.17) is 0 Å².